The second-order valence-electron chi connectivity index (χ2n) is 7.02. The molecule has 1 fully saturated rings. The molecule has 0 saturated heterocycles. The van der Waals surface area contributed by atoms with Crippen LogP contribution in [0.5, 0.6) is 0 Å². The van der Waals surface area contributed by atoms with Crippen LogP contribution in [-0.2, 0) is 16.4 Å². The molecule has 1 aromatic heterocycles. The van der Waals surface area contributed by atoms with Gasteiger partial charge in [-0.25, -0.2) is 14.4 Å². The smallest absolute Gasteiger partial charge is 0.328 e. The Labute approximate surface area is 170 Å². The van der Waals surface area contributed by atoms with Crippen LogP contribution in [0, 0.1) is 0 Å². The largest absolute Gasteiger partial charge is 0.419 e. The summed E-state index contributed by atoms with van der Waals surface area (Å²) in [6, 6.07) is 4.97. The molecule has 29 heavy (non-hydrogen) atoms. The van der Waals surface area contributed by atoms with Crippen molar-refractivity contribution >= 4 is 33.7 Å². The Hall–Kier alpha value is -2.56. The molecule has 1 spiro atoms. The Morgan fingerprint density at radius 1 is 1.31 bits per heavy atom. The fourth-order valence-electron chi connectivity index (χ4n) is 3.49. The second-order valence-corrected chi connectivity index (χ2v) is 7.94. The van der Waals surface area contributed by atoms with Gasteiger partial charge in [0.1, 0.15) is 12.7 Å². The fourth-order valence-corrected chi connectivity index (χ4v) is 3.85. The normalized spacial score (nSPS) is 23.1. The van der Waals surface area contributed by atoms with E-state index in [1.807, 2.05) is 0 Å². The van der Waals surface area contributed by atoms with Crippen molar-refractivity contribution in [2.75, 3.05) is 18.4 Å². The lowest BCUT2D eigenvalue weighted by atomic mass is 9.86. The van der Waals surface area contributed by atoms with E-state index in [-0.39, 0.29) is 18.9 Å². The van der Waals surface area contributed by atoms with Crippen molar-refractivity contribution in [2.45, 2.75) is 24.2 Å². The minimum Gasteiger partial charge on any atom is -0.328 e. The average molecular weight is 473 g/mol. The van der Waals surface area contributed by atoms with Crippen molar-refractivity contribution < 1.29 is 27.2 Å². The SMILES string of the molecule is O=C(CN1C[C@]2(C[C@H]2F)c2cc(Br)ccc2C1=O)Nc1ncc(C(F)(F)F)cn1. The van der Waals surface area contributed by atoms with E-state index in [1.165, 1.54) is 4.90 Å². The number of halogens is 5. The summed E-state index contributed by atoms with van der Waals surface area (Å²) in [5.74, 6) is -1.42. The Bertz CT molecular complexity index is 998. The summed E-state index contributed by atoms with van der Waals surface area (Å²) in [7, 11) is 0. The average Bonchev–Trinajstić information content (AvgIpc) is 3.29. The van der Waals surface area contributed by atoms with Crippen LogP contribution < -0.4 is 5.32 Å². The highest BCUT2D eigenvalue weighted by Crippen LogP contribution is 2.54. The molecule has 6 nitrogen and oxygen atoms in total. The van der Waals surface area contributed by atoms with E-state index in [9.17, 15) is 27.2 Å². The number of carbonyl (C=O) groups is 2. The minimum absolute atomic E-state index is 0.0394. The Kier molecular flexibility index (Phi) is 4.60. The number of hydrogen-bond acceptors (Lipinski definition) is 4. The van der Waals surface area contributed by atoms with Gasteiger partial charge in [0.2, 0.25) is 11.9 Å². The molecule has 2 heterocycles. The van der Waals surface area contributed by atoms with Crippen LogP contribution in [0.1, 0.15) is 27.9 Å². The molecule has 2 aliphatic rings. The maximum atomic E-state index is 14.2. The van der Waals surface area contributed by atoms with Crippen molar-refractivity contribution in [1.29, 1.82) is 0 Å². The number of hydrogen-bond donors (Lipinski definition) is 1. The number of rotatable bonds is 3. The van der Waals surface area contributed by atoms with Crippen LogP contribution in [0.3, 0.4) is 0 Å². The van der Waals surface area contributed by atoms with E-state index in [4.69, 9.17) is 0 Å². The van der Waals surface area contributed by atoms with Crippen LogP contribution >= 0.6 is 15.9 Å². The third kappa shape index (κ3) is 3.59. The lowest BCUT2D eigenvalue weighted by Crippen LogP contribution is -2.47. The van der Waals surface area contributed by atoms with Crippen molar-refractivity contribution in [3.8, 4) is 0 Å². The zero-order valence-electron chi connectivity index (χ0n) is 14.6. The van der Waals surface area contributed by atoms with E-state index in [0.29, 0.717) is 23.5 Å². The molecule has 2 amide bonds. The summed E-state index contributed by atoms with van der Waals surface area (Å²) < 4.78 is 52.6. The highest BCUT2D eigenvalue weighted by molar-refractivity contribution is 9.10. The quantitative estimate of drug-likeness (QED) is 0.695. The first kappa shape index (κ1) is 19.7. The highest BCUT2D eigenvalue weighted by atomic mass is 79.9. The molecule has 2 atom stereocenters. The molecule has 11 heteroatoms. The van der Waals surface area contributed by atoms with Gasteiger partial charge in [0.25, 0.3) is 5.91 Å². The van der Waals surface area contributed by atoms with Crippen LogP contribution in [0.25, 0.3) is 0 Å². The molecule has 4 rings (SSSR count). The zero-order valence-corrected chi connectivity index (χ0v) is 16.2. The number of benzene rings is 1. The number of anilines is 1. The maximum absolute atomic E-state index is 14.2. The summed E-state index contributed by atoms with van der Waals surface area (Å²) in [5, 5.41) is 2.26. The zero-order chi connectivity index (χ0) is 21.0. The number of aromatic nitrogens is 2. The first-order chi connectivity index (χ1) is 13.6. The van der Waals surface area contributed by atoms with Crippen molar-refractivity contribution in [3.05, 3.63) is 51.8 Å². The molecule has 152 valence electrons. The standard InChI is InChI=1S/C18H13BrF4N4O2/c19-10-1-2-11-12(3-10)17(4-13(17)20)8-27(15(11)29)7-14(28)26-16-24-5-9(6-25-16)18(21,22)23/h1-3,5-6,13H,4,7-8H2,(H,24,25,26,28)/t13-,17-/m1/s1. The molecule has 2 aromatic rings. The van der Waals surface area contributed by atoms with Gasteiger partial charge in [-0.05, 0) is 30.2 Å². The van der Waals surface area contributed by atoms with E-state index >= 15 is 0 Å². The molecular formula is C18H13BrF4N4O2. The monoisotopic (exact) mass is 472 g/mol. The van der Waals surface area contributed by atoms with Gasteiger partial charge >= 0.3 is 6.18 Å². The van der Waals surface area contributed by atoms with Gasteiger partial charge < -0.3 is 4.90 Å². The van der Waals surface area contributed by atoms with Gasteiger partial charge in [-0.15, -0.1) is 0 Å². The Morgan fingerprint density at radius 2 is 1.97 bits per heavy atom. The third-order valence-corrected chi connectivity index (χ3v) is 5.55. The third-order valence-electron chi connectivity index (χ3n) is 5.06. The lowest BCUT2D eigenvalue weighted by Gasteiger charge is -2.34. The van der Waals surface area contributed by atoms with E-state index in [1.54, 1.807) is 18.2 Å². The van der Waals surface area contributed by atoms with Gasteiger partial charge in [0.15, 0.2) is 0 Å². The predicted molar refractivity (Wildman–Crippen MR) is 96.9 cm³/mol. The number of carbonyl (C=O) groups excluding carboxylic acids is 2. The minimum atomic E-state index is -4.59. The van der Waals surface area contributed by atoms with Gasteiger partial charge in [-0.2, -0.15) is 13.2 Å². The number of nitrogens with one attached hydrogen (secondary N) is 1. The summed E-state index contributed by atoms with van der Waals surface area (Å²) in [4.78, 5) is 33.2. The molecular weight excluding hydrogens is 460 g/mol. The number of fused-ring (bicyclic) bond motifs is 2. The first-order valence-electron chi connectivity index (χ1n) is 8.53. The molecule has 1 saturated carbocycles. The maximum Gasteiger partial charge on any atom is 0.419 e. The van der Waals surface area contributed by atoms with Crippen LogP contribution in [0.4, 0.5) is 23.5 Å². The summed E-state index contributed by atoms with van der Waals surface area (Å²) in [5.41, 5.74) is -0.933. The summed E-state index contributed by atoms with van der Waals surface area (Å²) in [6.45, 7) is -0.356. The van der Waals surface area contributed by atoms with Gasteiger partial charge in [-0.3, -0.25) is 14.9 Å². The Balaban J connectivity index is 1.49. The number of nitrogens with zero attached hydrogens (tertiary/aromatic N) is 3. The summed E-state index contributed by atoms with van der Waals surface area (Å²) >= 11 is 3.32. The van der Waals surface area contributed by atoms with Crippen molar-refractivity contribution in [3.63, 3.8) is 0 Å². The van der Waals surface area contributed by atoms with Gasteiger partial charge in [0.05, 0.1) is 5.56 Å². The Morgan fingerprint density at radius 3 is 2.55 bits per heavy atom. The molecule has 1 aromatic carbocycles. The molecule has 0 bridgehead atoms. The highest BCUT2D eigenvalue weighted by Gasteiger charge is 2.61. The van der Waals surface area contributed by atoms with Crippen LogP contribution in [0.15, 0.2) is 35.1 Å². The molecule has 1 N–H and O–H groups in total. The van der Waals surface area contributed by atoms with Crippen molar-refractivity contribution in [2.24, 2.45) is 0 Å². The molecule has 0 unspecified atom stereocenters. The fraction of sp³-hybridized carbons (Fsp3) is 0.333. The van der Waals surface area contributed by atoms with Crippen LogP contribution in [0.2, 0.25) is 0 Å². The number of alkyl halides is 4. The molecule has 1 aliphatic heterocycles. The second kappa shape index (κ2) is 6.75. The first-order valence-corrected chi connectivity index (χ1v) is 9.32. The summed E-state index contributed by atoms with van der Waals surface area (Å²) in [6.07, 6.45) is -4.35. The predicted octanol–water partition coefficient (Wildman–Crippen LogP) is 3.33. The van der Waals surface area contributed by atoms with Crippen LogP contribution in [-0.4, -0.2) is 45.9 Å². The molecule has 1 aliphatic carbocycles. The number of amides is 2. The molecule has 0 radical (unpaired) electrons. The van der Waals surface area contributed by atoms with E-state index in [0.717, 1.165) is 4.47 Å². The van der Waals surface area contributed by atoms with E-state index < -0.39 is 41.7 Å². The van der Waals surface area contributed by atoms with Crippen molar-refractivity contribution in [1.82, 2.24) is 14.9 Å². The van der Waals surface area contributed by atoms with Gasteiger partial charge in [-0.1, -0.05) is 15.9 Å². The lowest BCUT2D eigenvalue weighted by molar-refractivity contribution is -0.138. The topological polar surface area (TPSA) is 75.2 Å². The van der Waals surface area contributed by atoms with Gasteiger partial charge in [0, 0.05) is 34.4 Å². The van der Waals surface area contributed by atoms with E-state index in [2.05, 4.69) is 31.2 Å².